The molecule has 0 N–H and O–H groups in total. The molecule has 1 spiro atoms. The lowest BCUT2D eigenvalue weighted by Gasteiger charge is -2.48. The summed E-state index contributed by atoms with van der Waals surface area (Å²) in [4.78, 5) is 0. The molecule has 0 aromatic carbocycles. The molecule has 3 heteroatoms. The Kier molecular flexibility index (Phi) is 1.83. The number of hydrogen-bond acceptors (Lipinski definition) is 2. The molecule has 0 amide bonds. The summed E-state index contributed by atoms with van der Waals surface area (Å²) >= 11 is 0. The summed E-state index contributed by atoms with van der Waals surface area (Å²) in [6.45, 7) is 4.57. The summed E-state index contributed by atoms with van der Waals surface area (Å²) in [6.07, 6.45) is 4.64. The monoisotopic (exact) mass is 202 g/mol. The molecule has 0 radical (unpaired) electrons. The SMILES string of the molecule is CC1(C)CCC2(CC1)CS(=O)(=O)C2. The van der Waals surface area contributed by atoms with Gasteiger partial charge in [-0.3, -0.25) is 0 Å². The van der Waals surface area contributed by atoms with Gasteiger partial charge < -0.3 is 0 Å². The first-order valence-corrected chi connectivity index (χ1v) is 6.85. The van der Waals surface area contributed by atoms with Crippen LogP contribution in [-0.2, 0) is 9.84 Å². The summed E-state index contributed by atoms with van der Waals surface area (Å²) < 4.78 is 22.2. The third kappa shape index (κ3) is 1.76. The van der Waals surface area contributed by atoms with Crippen LogP contribution in [0.5, 0.6) is 0 Å². The van der Waals surface area contributed by atoms with Crippen molar-refractivity contribution < 1.29 is 8.42 Å². The highest BCUT2D eigenvalue weighted by Gasteiger charge is 2.50. The Morgan fingerprint density at radius 3 is 1.77 bits per heavy atom. The van der Waals surface area contributed by atoms with E-state index >= 15 is 0 Å². The van der Waals surface area contributed by atoms with Crippen molar-refractivity contribution in [2.45, 2.75) is 39.5 Å². The number of sulfone groups is 1. The van der Waals surface area contributed by atoms with E-state index in [1.807, 2.05) is 0 Å². The van der Waals surface area contributed by atoms with Gasteiger partial charge in [-0.25, -0.2) is 8.42 Å². The average Bonchev–Trinajstić information content (AvgIpc) is 1.92. The Balaban J connectivity index is 2.01. The van der Waals surface area contributed by atoms with Crippen molar-refractivity contribution >= 4 is 9.84 Å². The minimum Gasteiger partial charge on any atom is -0.229 e. The first-order chi connectivity index (χ1) is 5.83. The first kappa shape index (κ1) is 9.50. The highest BCUT2D eigenvalue weighted by Crippen LogP contribution is 2.50. The van der Waals surface area contributed by atoms with Crippen LogP contribution in [0.1, 0.15) is 39.5 Å². The predicted octanol–water partition coefficient (Wildman–Crippen LogP) is 2.00. The Morgan fingerprint density at radius 2 is 1.38 bits per heavy atom. The molecule has 2 aliphatic rings. The van der Waals surface area contributed by atoms with Gasteiger partial charge in [0.05, 0.1) is 11.5 Å². The van der Waals surface area contributed by atoms with Crippen LogP contribution in [0.2, 0.25) is 0 Å². The van der Waals surface area contributed by atoms with E-state index in [9.17, 15) is 8.42 Å². The third-order valence-electron chi connectivity index (χ3n) is 3.72. The molecule has 1 saturated carbocycles. The second-order valence-electron chi connectivity index (χ2n) is 5.70. The van der Waals surface area contributed by atoms with Gasteiger partial charge in [-0.1, -0.05) is 13.8 Å². The first-order valence-electron chi connectivity index (χ1n) is 5.03. The summed E-state index contributed by atoms with van der Waals surface area (Å²) in [6, 6.07) is 0. The van der Waals surface area contributed by atoms with Gasteiger partial charge in [0.2, 0.25) is 0 Å². The average molecular weight is 202 g/mol. The zero-order valence-corrected chi connectivity index (χ0v) is 9.28. The van der Waals surface area contributed by atoms with Crippen LogP contribution >= 0.6 is 0 Å². The van der Waals surface area contributed by atoms with E-state index in [2.05, 4.69) is 13.8 Å². The van der Waals surface area contributed by atoms with E-state index < -0.39 is 9.84 Å². The molecule has 2 nitrogen and oxygen atoms in total. The molecule has 2 fully saturated rings. The van der Waals surface area contributed by atoms with Crippen LogP contribution < -0.4 is 0 Å². The molecule has 1 aliphatic heterocycles. The zero-order chi connectivity index (χ0) is 9.74. The molecule has 0 atom stereocenters. The van der Waals surface area contributed by atoms with E-state index in [1.165, 1.54) is 12.8 Å². The van der Waals surface area contributed by atoms with Crippen molar-refractivity contribution in [2.24, 2.45) is 10.8 Å². The molecule has 0 aromatic rings. The van der Waals surface area contributed by atoms with E-state index in [1.54, 1.807) is 0 Å². The summed E-state index contributed by atoms with van der Waals surface area (Å²) in [5.41, 5.74) is 0.652. The van der Waals surface area contributed by atoms with E-state index in [0.717, 1.165) is 12.8 Å². The number of hydrogen-bond donors (Lipinski definition) is 0. The highest BCUT2D eigenvalue weighted by atomic mass is 32.2. The summed E-state index contributed by atoms with van der Waals surface area (Å²) in [5.74, 6) is 0.937. The predicted molar refractivity (Wildman–Crippen MR) is 53.3 cm³/mol. The van der Waals surface area contributed by atoms with E-state index in [-0.39, 0.29) is 5.41 Å². The second kappa shape index (κ2) is 2.50. The van der Waals surface area contributed by atoms with Gasteiger partial charge in [0.15, 0.2) is 9.84 Å². The Morgan fingerprint density at radius 1 is 0.923 bits per heavy atom. The van der Waals surface area contributed by atoms with Crippen molar-refractivity contribution in [3.8, 4) is 0 Å². The maximum absolute atomic E-state index is 11.1. The van der Waals surface area contributed by atoms with Gasteiger partial charge >= 0.3 is 0 Å². The van der Waals surface area contributed by atoms with E-state index in [0.29, 0.717) is 16.9 Å². The van der Waals surface area contributed by atoms with Gasteiger partial charge in [-0.05, 0) is 36.5 Å². The lowest BCUT2D eigenvalue weighted by molar-refractivity contribution is 0.125. The maximum Gasteiger partial charge on any atom is 0.151 e. The molecule has 1 aliphatic carbocycles. The molecule has 0 unspecified atom stereocenters. The van der Waals surface area contributed by atoms with Crippen LogP contribution in [0.15, 0.2) is 0 Å². The molecule has 13 heavy (non-hydrogen) atoms. The highest BCUT2D eigenvalue weighted by molar-refractivity contribution is 7.92. The van der Waals surface area contributed by atoms with Crippen LogP contribution in [0.25, 0.3) is 0 Å². The largest absolute Gasteiger partial charge is 0.229 e. The lowest BCUT2D eigenvalue weighted by atomic mass is 9.66. The second-order valence-corrected chi connectivity index (χ2v) is 7.76. The maximum atomic E-state index is 11.1. The molecular formula is C10H18O2S. The van der Waals surface area contributed by atoms with Crippen molar-refractivity contribution in [1.82, 2.24) is 0 Å². The minimum absolute atomic E-state index is 0.203. The summed E-state index contributed by atoms with van der Waals surface area (Å²) in [5, 5.41) is 0. The lowest BCUT2D eigenvalue weighted by Crippen LogP contribution is -2.51. The van der Waals surface area contributed by atoms with Gasteiger partial charge in [0, 0.05) is 0 Å². The fourth-order valence-corrected chi connectivity index (χ4v) is 5.00. The van der Waals surface area contributed by atoms with Gasteiger partial charge in [-0.15, -0.1) is 0 Å². The topological polar surface area (TPSA) is 34.1 Å². The van der Waals surface area contributed by atoms with Gasteiger partial charge in [0.25, 0.3) is 0 Å². The summed E-state index contributed by atoms with van der Waals surface area (Å²) in [7, 11) is -2.63. The smallest absolute Gasteiger partial charge is 0.151 e. The standard InChI is InChI=1S/C10H18O2S/c1-9(2)3-5-10(6-4-9)7-13(11,12)8-10/h3-8H2,1-2H3. The zero-order valence-electron chi connectivity index (χ0n) is 8.47. The fourth-order valence-electron chi connectivity index (χ4n) is 2.64. The number of rotatable bonds is 0. The van der Waals surface area contributed by atoms with Crippen LogP contribution in [0.3, 0.4) is 0 Å². The molecule has 76 valence electrons. The Hall–Kier alpha value is -0.0500. The molecule has 0 aromatic heterocycles. The van der Waals surface area contributed by atoms with Crippen LogP contribution in [-0.4, -0.2) is 19.9 Å². The van der Waals surface area contributed by atoms with Crippen molar-refractivity contribution in [3.05, 3.63) is 0 Å². The molecular weight excluding hydrogens is 184 g/mol. The molecule has 1 saturated heterocycles. The van der Waals surface area contributed by atoms with Crippen molar-refractivity contribution in [3.63, 3.8) is 0 Å². The fraction of sp³-hybridized carbons (Fsp3) is 1.00. The van der Waals surface area contributed by atoms with E-state index in [4.69, 9.17) is 0 Å². The molecule has 2 rings (SSSR count). The minimum atomic E-state index is -2.63. The van der Waals surface area contributed by atoms with Crippen LogP contribution in [0.4, 0.5) is 0 Å². The van der Waals surface area contributed by atoms with Gasteiger partial charge in [-0.2, -0.15) is 0 Å². The molecule has 0 bridgehead atoms. The normalized spacial score (nSPS) is 34.0. The molecule has 1 heterocycles. The Labute approximate surface area is 80.6 Å². The van der Waals surface area contributed by atoms with Gasteiger partial charge in [0.1, 0.15) is 0 Å². The van der Waals surface area contributed by atoms with Crippen LogP contribution in [0, 0.1) is 10.8 Å². The Bertz CT molecular complexity index is 290. The third-order valence-corrected chi connectivity index (χ3v) is 5.82. The quantitative estimate of drug-likeness (QED) is 0.602. The van der Waals surface area contributed by atoms with Crippen molar-refractivity contribution in [1.29, 1.82) is 0 Å². The van der Waals surface area contributed by atoms with Crippen molar-refractivity contribution in [2.75, 3.05) is 11.5 Å².